The molecule has 3 amide bonds. The summed E-state index contributed by atoms with van der Waals surface area (Å²) >= 11 is 18.9. The summed E-state index contributed by atoms with van der Waals surface area (Å²) in [5.41, 5.74) is 3.41. The van der Waals surface area contributed by atoms with Crippen molar-refractivity contribution in [2.75, 3.05) is 0 Å². The van der Waals surface area contributed by atoms with E-state index in [1.54, 1.807) is 18.2 Å². The zero-order valence-corrected chi connectivity index (χ0v) is 19.8. The highest BCUT2D eigenvalue weighted by Crippen LogP contribution is 2.36. The van der Waals surface area contributed by atoms with E-state index < -0.39 is 11.9 Å². The molecule has 1 saturated heterocycles. The van der Waals surface area contributed by atoms with Gasteiger partial charge in [-0.25, -0.2) is 4.79 Å². The van der Waals surface area contributed by atoms with E-state index in [0.717, 1.165) is 21.6 Å². The molecule has 0 unspecified atom stereocenters. The number of urea groups is 1. The zero-order valence-electron chi connectivity index (χ0n) is 17.6. The van der Waals surface area contributed by atoms with Crippen LogP contribution in [0.5, 0.6) is 5.75 Å². The van der Waals surface area contributed by atoms with Crippen molar-refractivity contribution < 1.29 is 14.3 Å². The lowest BCUT2D eigenvalue weighted by Gasteiger charge is -2.12. The molecule has 0 atom stereocenters. The third-order valence-corrected chi connectivity index (χ3v) is 5.98. The van der Waals surface area contributed by atoms with Crippen LogP contribution >= 0.6 is 34.8 Å². The first kappa shape index (κ1) is 23.2. The number of rotatable bonds is 6. The van der Waals surface area contributed by atoms with E-state index in [1.165, 1.54) is 6.08 Å². The van der Waals surface area contributed by atoms with Crippen LogP contribution in [-0.2, 0) is 17.9 Å². The first-order valence-electron chi connectivity index (χ1n) is 10.1. The molecule has 1 fully saturated rings. The highest BCUT2D eigenvalue weighted by Gasteiger charge is 2.33. The highest BCUT2D eigenvalue weighted by molar-refractivity contribution is 6.37. The average Bonchev–Trinajstić information content (AvgIpc) is 3.02. The fraction of sp³-hybridized carbons (Fsp3) is 0.120. The number of nitrogens with one attached hydrogen (secondary N) is 1. The van der Waals surface area contributed by atoms with Gasteiger partial charge in [0.25, 0.3) is 5.91 Å². The lowest BCUT2D eigenvalue weighted by Crippen LogP contribution is -2.30. The maximum absolute atomic E-state index is 12.8. The van der Waals surface area contributed by atoms with Gasteiger partial charge in [0.1, 0.15) is 12.3 Å². The Kier molecular flexibility index (Phi) is 6.94. The predicted molar refractivity (Wildman–Crippen MR) is 130 cm³/mol. The van der Waals surface area contributed by atoms with E-state index in [9.17, 15) is 9.59 Å². The molecule has 3 aromatic rings. The molecule has 0 radical (unpaired) electrons. The summed E-state index contributed by atoms with van der Waals surface area (Å²) in [7, 11) is 0. The summed E-state index contributed by atoms with van der Waals surface area (Å²) in [6.07, 6.45) is 1.53. The normalized spacial score (nSPS) is 14.7. The quantitative estimate of drug-likeness (QED) is 0.305. The summed E-state index contributed by atoms with van der Waals surface area (Å²) in [5, 5.41) is 3.74. The van der Waals surface area contributed by atoms with Gasteiger partial charge in [-0.2, -0.15) is 0 Å². The second-order valence-corrected chi connectivity index (χ2v) is 8.78. The number of aryl methyl sites for hydroxylation is 1. The molecule has 3 aromatic carbocycles. The number of nitrogens with zero attached hydrogens (tertiary/aromatic N) is 1. The van der Waals surface area contributed by atoms with Crippen molar-refractivity contribution in [1.82, 2.24) is 10.2 Å². The molecule has 0 spiro atoms. The van der Waals surface area contributed by atoms with Gasteiger partial charge in [0.2, 0.25) is 0 Å². The van der Waals surface area contributed by atoms with Gasteiger partial charge in [0.15, 0.2) is 5.75 Å². The van der Waals surface area contributed by atoms with Crippen LogP contribution in [0.15, 0.2) is 66.4 Å². The van der Waals surface area contributed by atoms with Crippen LogP contribution in [0.25, 0.3) is 6.08 Å². The largest absolute Gasteiger partial charge is 0.486 e. The molecule has 1 heterocycles. The summed E-state index contributed by atoms with van der Waals surface area (Å²) in [4.78, 5) is 26.3. The summed E-state index contributed by atoms with van der Waals surface area (Å²) in [6, 6.07) is 17.7. The van der Waals surface area contributed by atoms with Gasteiger partial charge in [-0.3, -0.25) is 9.69 Å². The van der Waals surface area contributed by atoms with Crippen LogP contribution < -0.4 is 10.1 Å². The third-order valence-electron chi connectivity index (χ3n) is 5.05. The van der Waals surface area contributed by atoms with Crippen LogP contribution in [0.1, 0.15) is 22.3 Å². The average molecular weight is 502 g/mol. The van der Waals surface area contributed by atoms with Gasteiger partial charge in [-0.1, -0.05) is 82.8 Å². The fourth-order valence-corrected chi connectivity index (χ4v) is 4.24. The van der Waals surface area contributed by atoms with Crippen molar-refractivity contribution in [2.45, 2.75) is 20.1 Å². The van der Waals surface area contributed by atoms with E-state index >= 15 is 0 Å². The molecule has 1 N–H and O–H groups in total. The molecule has 0 bridgehead atoms. The van der Waals surface area contributed by atoms with Gasteiger partial charge in [-0.15, -0.1) is 0 Å². The van der Waals surface area contributed by atoms with Gasteiger partial charge in [0, 0.05) is 10.6 Å². The number of halogens is 3. The molecule has 0 aliphatic carbocycles. The maximum Gasteiger partial charge on any atom is 0.329 e. The zero-order chi connectivity index (χ0) is 23.5. The number of hydrogen-bond acceptors (Lipinski definition) is 3. The molecule has 8 heteroatoms. The number of hydrogen-bond donors (Lipinski definition) is 1. The van der Waals surface area contributed by atoms with Crippen LogP contribution in [-0.4, -0.2) is 16.8 Å². The number of amides is 3. The van der Waals surface area contributed by atoms with Crippen LogP contribution in [0.2, 0.25) is 15.1 Å². The van der Waals surface area contributed by atoms with E-state index in [2.05, 4.69) is 5.32 Å². The first-order chi connectivity index (χ1) is 15.8. The molecule has 1 aliphatic heterocycles. The van der Waals surface area contributed by atoms with Crippen LogP contribution in [0.3, 0.4) is 0 Å². The van der Waals surface area contributed by atoms with Crippen LogP contribution in [0.4, 0.5) is 4.79 Å². The van der Waals surface area contributed by atoms with E-state index in [-0.39, 0.29) is 28.9 Å². The summed E-state index contributed by atoms with van der Waals surface area (Å²) in [6.45, 7) is 2.33. The first-order valence-corrected chi connectivity index (χ1v) is 11.2. The van der Waals surface area contributed by atoms with Crippen molar-refractivity contribution in [1.29, 1.82) is 0 Å². The monoisotopic (exact) mass is 500 g/mol. The Labute approximate surface area is 206 Å². The van der Waals surface area contributed by atoms with E-state index in [0.29, 0.717) is 16.3 Å². The van der Waals surface area contributed by atoms with Crippen molar-refractivity contribution in [3.8, 4) is 5.75 Å². The Morgan fingerprint density at radius 2 is 1.67 bits per heavy atom. The minimum Gasteiger partial charge on any atom is -0.486 e. The van der Waals surface area contributed by atoms with Crippen molar-refractivity contribution >= 4 is 52.8 Å². The van der Waals surface area contributed by atoms with Gasteiger partial charge >= 0.3 is 6.03 Å². The molecular formula is C25H19Cl3N2O3. The Bertz CT molecular complexity index is 1250. The van der Waals surface area contributed by atoms with Crippen LogP contribution in [0, 0.1) is 6.92 Å². The SMILES string of the molecule is Cc1cccc(CN2C(=O)N/C(=C/c3cc(Cl)c(OCc4ccccc4Cl)c(Cl)c3)C2=O)c1. The lowest BCUT2D eigenvalue weighted by atomic mass is 10.1. The van der Waals surface area contributed by atoms with Gasteiger partial charge in [-0.05, 0) is 42.3 Å². The summed E-state index contributed by atoms with van der Waals surface area (Å²) < 4.78 is 5.78. The minimum absolute atomic E-state index is 0.143. The molecule has 0 saturated carbocycles. The molecular weight excluding hydrogens is 483 g/mol. The fourth-order valence-electron chi connectivity index (χ4n) is 3.44. The third kappa shape index (κ3) is 5.33. The van der Waals surface area contributed by atoms with E-state index in [1.807, 2.05) is 49.4 Å². The van der Waals surface area contributed by atoms with Crippen molar-refractivity contribution in [2.24, 2.45) is 0 Å². The van der Waals surface area contributed by atoms with Crippen molar-refractivity contribution in [3.63, 3.8) is 0 Å². The highest BCUT2D eigenvalue weighted by atomic mass is 35.5. The number of imide groups is 1. The van der Waals surface area contributed by atoms with E-state index in [4.69, 9.17) is 39.5 Å². The predicted octanol–water partition coefficient (Wildman–Crippen LogP) is 6.63. The molecule has 1 aliphatic rings. The second kappa shape index (κ2) is 9.87. The second-order valence-electron chi connectivity index (χ2n) is 7.56. The summed E-state index contributed by atoms with van der Waals surface area (Å²) in [5.74, 6) is -0.115. The standard InChI is InChI=1S/C25H19Cl3N2O3/c1-15-5-4-6-16(9-15)13-30-24(31)22(29-25(30)32)12-17-10-20(27)23(21(28)11-17)33-14-18-7-2-3-8-19(18)26/h2-12H,13-14H2,1H3,(H,29,32)/b22-12+. The Morgan fingerprint density at radius 1 is 0.939 bits per heavy atom. The van der Waals surface area contributed by atoms with Gasteiger partial charge < -0.3 is 10.1 Å². The molecule has 33 heavy (non-hydrogen) atoms. The maximum atomic E-state index is 12.8. The molecule has 0 aromatic heterocycles. The Morgan fingerprint density at radius 3 is 2.36 bits per heavy atom. The van der Waals surface area contributed by atoms with Crippen molar-refractivity contribution in [3.05, 3.63) is 104 Å². The number of benzene rings is 3. The molecule has 5 nitrogen and oxygen atoms in total. The minimum atomic E-state index is -0.482. The Hall–Kier alpha value is -2.99. The Balaban J connectivity index is 1.51. The number of carbonyl (C=O) groups is 2. The molecule has 168 valence electrons. The number of ether oxygens (including phenoxy) is 1. The molecule has 4 rings (SSSR count). The smallest absolute Gasteiger partial charge is 0.329 e. The van der Waals surface area contributed by atoms with Gasteiger partial charge in [0.05, 0.1) is 16.6 Å². The number of carbonyl (C=O) groups excluding carboxylic acids is 2. The lowest BCUT2D eigenvalue weighted by molar-refractivity contribution is -0.123. The topological polar surface area (TPSA) is 58.6 Å².